The summed E-state index contributed by atoms with van der Waals surface area (Å²) < 4.78 is 37.0. The number of rotatable bonds is 3. The second kappa shape index (κ2) is 4.95. The Kier molecular flexibility index (Phi) is 4.03. The van der Waals surface area contributed by atoms with Crippen LogP contribution in [0.2, 0.25) is 0 Å². The van der Waals surface area contributed by atoms with Crippen LogP contribution in [0, 0.1) is 0 Å². The predicted molar refractivity (Wildman–Crippen MR) is 61.0 cm³/mol. The summed E-state index contributed by atoms with van der Waals surface area (Å²) in [4.78, 5) is 12.8. The Hall–Kier alpha value is -1.24. The quantitative estimate of drug-likeness (QED) is 0.914. The lowest BCUT2D eigenvalue weighted by molar-refractivity contribution is -0.143. The second-order valence-corrected chi connectivity index (χ2v) is 4.76. The van der Waals surface area contributed by atoms with Gasteiger partial charge in [-0.15, -0.1) is 11.3 Å². The Bertz CT molecular complexity index is 401. The monoisotopic (exact) mass is 266 g/mol. The van der Waals surface area contributed by atoms with Crippen molar-refractivity contribution in [2.24, 2.45) is 0 Å². The lowest BCUT2D eigenvalue weighted by Gasteiger charge is -2.27. The van der Waals surface area contributed by atoms with Crippen molar-refractivity contribution in [1.29, 1.82) is 0 Å². The van der Waals surface area contributed by atoms with Crippen LogP contribution < -0.4 is 5.73 Å². The summed E-state index contributed by atoms with van der Waals surface area (Å²) in [5.74, 6) is -0.676. The van der Waals surface area contributed by atoms with E-state index in [1.807, 2.05) is 0 Å². The smallest absolute Gasteiger partial charge is 0.397 e. The molecule has 7 heteroatoms. The Morgan fingerprint density at radius 2 is 2.12 bits per heavy atom. The summed E-state index contributed by atoms with van der Waals surface area (Å²) in [6.07, 6.45) is -4.41. The first-order chi connectivity index (χ1) is 7.72. The number of anilines is 1. The number of amides is 1. The zero-order chi connectivity index (χ0) is 13.2. The van der Waals surface area contributed by atoms with Gasteiger partial charge in [-0.3, -0.25) is 4.79 Å². The molecular formula is C10H13F3N2OS. The van der Waals surface area contributed by atoms with Gasteiger partial charge in [-0.25, -0.2) is 0 Å². The minimum absolute atomic E-state index is 0.156. The highest BCUT2D eigenvalue weighted by Crippen LogP contribution is 2.25. The molecule has 0 aromatic carbocycles. The molecule has 0 aliphatic rings. The number of hydrogen-bond donors (Lipinski definition) is 1. The third-order valence-electron chi connectivity index (χ3n) is 2.12. The van der Waals surface area contributed by atoms with Gasteiger partial charge in [-0.2, -0.15) is 13.2 Å². The van der Waals surface area contributed by atoms with Crippen LogP contribution in [0.15, 0.2) is 11.4 Å². The number of nitrogen functional groups attached to an aromatic ring is 1. The van der Waals surface area contributed by atoms with E-state index < -0.39 is 24.7 Å². The van der Waals surface area contributed by atoms with Gasteiger partial charge >= 0.3 is 6.18 Å². The molecule has 0 bridgehead atoms. The molecule has 3 nitrogen and oxygen atoms in total. The van der Waals surface area contributed by atoms with Crippen LogP contribution in [0.1, 0.15) is 23.5 Å². The van der Waals surface area contributed by atoms with E-state index in [1.165, 1.54) is 19.9 Å². The summed E-state index contributed by atoms with van der Waals surface area (Å²) in [6, 6.07) is 0.968. The van der Waals surface area contributed by atoms with Crippen molar-refractivity contribution in [2.45, 2.75) is 26.1 Å². The fraction of sp³-hybridized carbons (Fsp3) is 0.500. The fourth-order valence-electron chi connectivity index (χ4n) is 1.31. The number of hydrogen-bond acceptors (Lipinski definition) is 3. The normalized spacial score (nSPS) is 11.9. The summed E-state index contributed by atoms with van der Waals surface area (Å²) in [7, 11) is 0. The lowest BCUT2D eigenvalue weighted by atomic mass is 10.2. The molecule has 1 rings (SSSR count). The summed E-state index contributed by atoms with van der Waals surface area (Å²) in [6.45, 7) is 1.81. The molecule has 2 N–H and O–H groups in total. The van der Waals surface area contributed by atoms with E-state index >= 15 is 0 Å². The van der Waals surface area contributed by atoms with Crippen molar-refractivity contribution in [3.63, 3.8) is 0 Å². The van der Waals surface area contributed by atoms with E-state index in [4.69, 9.17) is 5.73 Å². The zero-order valence-corrected chi connectivity index (χ0v) is 10.2. The van der Waals surface area contributed by atoms with Crippen molar-refractivity contribution >= 4 is 22.9 Å². The minimum Gasteiger partial charge on any atom is -0.397 e. The fourth-order valence-corrected chi connectivity index (χ4v) is 2.08. The molecule has 0 atom stereocenters. The first-order valence-corrected chi connectivity index (χ1v) is 5.81. The molecule has 0 saturated carbocycles. The molecule has 17 heavy (non-hydrogen) atoms. The van der Waals surface area contributed by atoms with Gasteiger partial charge in [-0.1, -0.05) is 0 Å². The Morgan fingerprint density at radius 1 is 1.53 bits per heavy atom. The molecule has 0 aliphatic heterocycles. The molecular weight excluding hydrogens is 253 g/mol. The van der Waals surface area contributed by atoms with Gasteiger partial charge < -0.3 is 10.6 Å². The number of halogens is 3. The summed E-state index contributed by atoms with van der Waals surface area (Å²) in [5, 5.41) is 1.58. The van der Waals surface area contributed by atoms with Crippen molar-refractivity contribution in [1.82, 2.24) is 4.90 Å². The number of carbonyl (C=O) groups is 1. The zero-order valence-electron chi connectivity index (χ0n) is 9.41. The minimum atomic E-state index is -4.41. The van der Waals surface area contributed by atoms with Crippen LogP contribution in [-0.2, 0) is 0 Å². The highest BCUT2D eigenvalue weighted by Gasteiger charge is 2.35. The summed E-state index contributed by atoms with van der Waals surface area (Å²) in [5.41, 5.74) is 5.74. The molecule has 1 aromatic rings. The standard InChI is InChI=1S/C10H13F3N2OS/c1-6(2)15(5-10(11,12)13)9(16)8-7(14)3-4-17-8/h3-4,6H,5,14H2,1-2H3. The maximum absolute atomic E-state index is 12.3. The third kappa shape index (κ3) is 3.62. The second-order valence-electron chi connectivity index (χ2n) is 3.85. The molecule has 0 saturated heterocycles. The molecule has 0 unspecified atom stereocenters. The van der Waals surface area contributed by atoms with Crippen molar-refractivity contribution in [3.05, 3.63) is 16.3 Å². The van der Waals surface area contributed by atoms with Crippen LogP contribution in [0.3, 0.4) is 0 Å². The number of thiophene rings is 1. The largest absolute Gasteiger partial charge is 0.406 e. The molecule has 96 valence electrons. The molecule has 0 radical (unpaired) electrons. The van der Waals surface area contributed by atoms with E-state index in [0.717, 1.165) is 16.2 Å². The van der Waals surface area contributed by atoms with Gasteiger partial charge in [0.25, 0.3) is 5.91 Å². The van der Waals surface area contributed by atoms with Gasteiger partial charge in [0.15, 0.2) is 0 Å². The van der Waals surface area contributed by atoms with Crippen LogP contribution >= 0.6 is 11.3 Å². The molecule has 1 aromatic heterocycles. The topological polar surface area (TPSA) is 46.3 Å². The predicted octanol–water partition coefficient (Wildman–Crippen LogP) is 2.74. The van der Waals surface area contributed by atoms with Crippen molar-refractivity contribution in [2.75, 3.05) is 12.3 Å². The van der Waals surface area contributed by atoms with E-state index in [0.29, 0.717) is 0 Å². The molecule has 0 spiro atoms. The maximum Gasteiger partial charge on any atom is 0.406 e. The van der Waals surface area contributed by atoms with E-state index in [1.54, 1.807) is 5.38 Å². The van der Waals surface area contributed by atoms with Crippen LogP contribution in [0.4, 0.5) is 18.9 Å². The lowest BCUT2D eigenvalue weighted by Crippen LogP contribution is -2.43. The van der Waals surface area contributed by atoms with Crippen LogP contribution in [-0.4, -0.2) is 29.6 Å². The van der Waals surface area contributed by atoms with Gasteiger partial charge in [0.2, 0.25) is 0 Å². The van der Waals surface area contributed by atoms with Gasteiger partial charge in [0.05, 0.1) is 5.69 Å². The first-order valence-electron chi connectivity index (χ1n) is 4.93. The van der Waals surface area contributed by atoms with E-state index in [9.17, 15) is 18.0 Å². The van der Waals surface area contributed by atoms with Crippen molar-refractivity contribution in [3.8, 4) is 0 Å². The van der Waals surface area contributed by atoms with Gasteiger partial charge in [-0.05, 0) is 25.3 Å². The highest BCUT2D eigenvalue weighted by molar-refractivity contribution is 7.12. The SMILES string of the molecule is CC(C)N(CC(F)(F)F)C(=O)c1sccc1N. The molecule has 0 aliphatic carbocycles. The Balaban J connectivity index is 2.93. The highest BCUT2D eigenvalue weighted by atomic mass is 32.1. The van der Waals surface area contributed by atoms with E-state index in [2.05, 4.69) is 0 Å². The molecule has 1 heterocycles. The number of alkyl halides is 3. The Morgan fingerprint density at radius 3 is 2.47 bits per heavy atom. The maximum atomic E-state index is 12.3. The number of nitrogens with zero attached hydrogens (tertiary/aromatic N) is 1. The number of carbonyl (C=O) groups excluding carboxylic acids is 1. The average Bonchev–Trinajstić information content (AvgIpc) is 2.58. The molecule has 0 fully saturated rings. The van der Waals surface area contributed by atoms with Crippen molar-refractivity contribution < 1.29 is 18.0 Å². The van der Waals surface area contributed by atoms with Crippen LogP contribution in [0.5, 0.6) is 0 Å². The number of nitrogens with two attached hydrogens (primary N) is 1. The van der Waals surface area contributed by atoms with Gasteiger partial charge in [0.1, 0.15) is 11.4 Å². The van der Waals surface area contributed by atoms with Gasteiger partial charge in [0, 0.05) is 6.04 Å². The molecule has 1 amide bonds. The van der Waals surface area contributed by atoms with Crippen LogP contribution in [0.25, 0.3) is 0 Å². The Labute approximate surface area is 101 Å². The average molecular weight is 266 g/mol. The third-order valence-corrected chi connectivity index (χ3v) is 3.04. The van der Waals surface area contributed by atoms with E-state index in [-0.39, 0.29) is 10.6 Å². The first kappa shape index (κ1) is 13.8. The summed E-state index contributed by atoms with van der Waals surface area (Å²) >= 11 is 1.05.